The number of carbonyl (C=O) groups is 1. The van der Waals surface area contributed by atoms with Crippen molar-refractivity contribution in [3.05, 3.63) is 33.9 Å². The number of rotatable bonds is 4. The van der Waals surface area contributed by atoms with Crippen LogP contribution in [0.4, 0.5) is 5.69 Å². The molecule has 0 spiro atoms. The Hall–Kier alpha value is -1.99. The summed E-state index contributed by atoms with van der Waals surface area (Å²) in [7, 11) is 1.51. The quantitative estimate of drug-likeness (QED) is 0.636. The number of fused-ring (bicyclic) bond motifs is 1. The second-order valence-corrected chi connectivity index (χ2v) is 7.66. The Morgan fingerprint density at radius 2 is 2.20 bits per heavy atom. The molecule has 0 radical (unpaired) electrons. The summed E-state index contributed by atoms with van der Waals surface area (Å²) in [5.74, 6) is -0.0221. The molecule has 1 heterocycles. The van der Waals surface area contributed by atoms with Gasteiger partial charge in [0.05, 0.1) is 0 Å². The van der Waals surface area contributed by atoms with Gasteiger partial charge in [-0.25, -0.2) is 0 Å². The van der Waals surface area contributed by atoms with Crippen LogP contribution in [0, 0.1) is 11.3 Å². The molecule has 1 aromatic carbocycles. The van der Waals surface area contributed by atoms with E-state index < -0.39 is 5.91 Å². The largest absolute Gasteiger partial charge is 0.366 e. The third kappa shape index (κ3) is 3.82. The number of halogens is 1. The van der Waals surface area contributed by atoms with Crippen LogP contribution in [-0.2, 0) is 4.79 Å². The lowest BCUT2D eigenvalue weighted by Crippen LogP contribution is -2.48. The standard InChI is InChI=1S/C20H26ClN3O/c1-6-7-24-18-10-17(21)14(8-15(12-22)19(25)23-5)9-16(18)13(2)11-20(24,3)4/h8-10,13H,6-7,11H2,1-5H3,(H,23,25)/b15-8+. The maximum Gasteiger partial charge on any atom is 0.261 e. The molecule has 1 N–H and O–H groups in total. The van der Waals surface area contributed by atoms with Crippen molar-refractivity contribution < 1.29 is 4.79 Å². The highest BCUT2D eigenvalue weighted by molar-refractivity contribution is 6.32. The van der Waals surface area contributed by atoms with Gasteiger partial charge in [0.1, 0.15) is 11.6 Å². The summed E-state index contributed by atoms with van der Waals surface area (Å²) >= 11 is 6.50. The number of likely N-dealkylation sites (N-methyl/N-ethyl adjacent to an activating group) is 1. The first-order valence-corrected chi connectivity index (χ1v) is 9.08. The number of anilines is 1. The maximum absolute atomic E-state index is 11.8. The van der Waals surface area contributed by atoms with E-state index in [9.17, 15) is 10.1 Å². The molecule has 0 bridgehead atoms. The van der Waals surface area contributed by atoms with E-state index in [1.165, 1.54) is 12.6 Å². The lowest BCUT2D eigenvalue weighted by atomic mass is 9.79. The van der Waals surface area contributed by atoms with Crippen LogP contribution in [0.2, 0.25) is 5.02 Å². The van der Waals surface area contributed by atoms with E-state index in [0.717, 1.165) is 25.1 Å². The topological polar surface area (TPSA) is 56.1 Å². The molecular weight excluding hydrogens is 334 g/mol. The number of carbonyl (C=O) groups excluding carboxylic acids is 1. The minimum absolute atomic E-state index is 0.0542. The van der Waals surface area contributed by atoms with Crippen molar-refractivity contribution in [2.75, 3.05) is 18.5 Å². The fourth-order valence-corrected chi connectivity index (χ4v) is 3.93. The Morgan fingerprint density at radius 1 is 1.52 bits per heavy atom. The van der Waals surface area contributed by atoms with Crippen LogP contribution in [0.5, 0.6) is 0 Å². The van der Waals surface area contributed by atoms with Gasteiger partial charge in [0.15, 0.2) is 0 Å². The molecule has 1 atom stereocenters. The van der Waals surface area contributed by atoms with Crippen LogP contribution < -0.4 is 10.2 Å². The molecule has 4 nitrogen and oxygen atoms in total. The predicted molar refractivity (Wildman–Crippen MR) is 104 cm³/mol. The highest BCUT2D eigenvalue weighted by Gasteiger charge is 2.36. The van der Waals surface area contributed by atoms with Gasteiger partial charge < -0.3 is 10.2 Å². The number of benzene rings is 1. The Morgan fingerprint density at radius 3 is 2.76 bits per heavy atom. The molecular formula is C20H26ClN3O. The average Bonchev–Trinajstić information content (AvgIpc) is 2.56. The van der Waals surface area contributed by atoms with Gasteiger partial charge in [-0.05, 0) is 61.9 Å². The molecule has 25 heavy (non-hydrogen) atoms. The summed E-state index contributed by atoms with van der Waals surface area (Å²) in [5, 5.41) is 12.3. The molecule has 0 fully saturated rings. The van der Waals surface area contributed by atoms with Crippen molar-refractivity contribution in [3.8, 4) is 6.07 Å². The van der Waals surface area contributed by atoms with Gasteiger partial charge in [-0.1, -0.05) is 25.4 Å². The van der Waals surface area contributed by atoms with Gasteiger partial charge in [-0.15, -0.1) is 0 Å². The average molecular weight is 360 g/mol. The van der Waals surface area contributed by atoms with Gasteiger partial charge in [0.2, 0.25) is 0 Å². The van der Waals surface area contributed by atoms with Crippen molar-refractivity contribution in [2.45, 2.75) is 52.0 Å². The van der Waals surface area contributed by atoms with E-state index in [-0.39, 0.29) is 11.1 Å². The molecule has 0 aromatic heterocycles. The minimum Gasteiger partial charge on any atom is -0.366 e. The van der Waals surface area contributed by atoms with Gasteiger partial charge in [-0.3, -0.25) is 4.79 Å². The molecule has 5 heteroatoms. The number of hydrogen-bond acceptors (Lipinski definition) is 3. The van der Waals surface area contributed by atoms with Crippen molar-refractivity contribution in [1.29, 1.82) is 5.26 Å². The van der Waals surface area contributed by atoms with E-state index in [4.69, 9.17) is 11.6 Å². The highest BCUT2D eigenvalue weighted by atomic mass is 35.5. The summed E-state index contributed by atoms with van der Waals surface area (Å²) < 4.78 is 0. The van der Waals surface area contributed by atoms with Crippen molar-refractivity contribution in [1.82, 2.24) is 5.32 Å². The molecule has 1 amide bonds. The molecule has 134 valence electrons. The first-order valence-electron chi connectivity index (χ1n) is 8.70. The molecule has 1 unspecified atom stereocenters. The zero-order valence-corrected chi connectivity index (χ0v) is 16.4. The smallest absolute Gasteiger partial charge is 0.261 e. The van der Waals surface area contributed by atoms with E-state index >= 15 is 0 Å². The van der Waals surface area contributed by atoms with Crippen LogP contribution >= 0.6 is 11.6 Å². The van der Waals surface area contributed by atoms with Crippen LogP contribution in [-0.4, -0.2) is 25.0 Å². The summed E-state index contributed by atoms with van der Waals surface area (Å²) in [4.78, 5) is 14.2. The van der Waals surface area contributed by atoms with Crippen LogP contribution in [0.15, 0.2) is 17.7 Å². The summed E-state index contributed by atoms with van der Waals surface area (Å²) in [6, 6.07) is 5.95. The van der Waals surface area contributed by atoms with Crippen LogP contribution in [0.1, 0.15) is 57.6 Å². The number of hydrogen-bond donors (Lipinski definition) is 1. The Kier molecular flexibility index (Phi) is 5.80. The van der Waals surface area contributed by atoms with Crippen LogP contribution in [0.3, 0.4) is 0 Å². The Bertz CT molecular complexity index is 746. The normalized spacial score (nSPS) is 19.2. The van der Waals surface area contributed by atoms with Gasteiger partial charge in [0, 0.05) is 29.8 Å². The third-order valence-electron chi connectivity index (χ3n) is 4.84. The van der Waals surface area contributed by atoms with Crippen molar-refractivity contribution in [3.63, 3.8) is 0 Å². The number of nitriles is 1. The second kappa shape index (κ2) is 7.49. The van der Waals surface area contributed by atoms with E-state index in [1.54, 1.807) is 6.08 Å². The fraction of sp³-hybridized carbons (Fsp3) is 0.500. The zero-order valence-electron chi connectivity index (χ0n) is 15.6. The number of amides is 1. The van der Waals surface area contributed by atoms with Gasteiger partial charge in [-0.2, -0.15) is 5.26 Å². The highest BCUT2D eigenvalue weighted by Crippen LogP contribution is 2.45. The minimum atomic E-state index is -0.405. The summed E-state index contributed by atoms with van der Waals surface area (Å²) in [6.07, 6.45) is 3.68. The third-order valence-corrected chi connectivity index (χ3v) is 5.17. The fourth-order valence-electron chi connectivity index (χ4n) is 3.72. The zero-order chi connectivity index (χ0) is 18.8. The van der Waals surface area contributed by atoms with Gasteiger partial charge in [0.25, 0.3) is 5.91 Å². The molecule has 0 saturated heterocycles. The number of nitrogens with one attached hydrogen (secondary N) is 1. The summed E-state index contributed by atoms with van der Waals surface area (Å²) in [5.41, 5.74) is 3.22. The monoisotopic (exact) mass is 359 g/mol. The lowest BCUT2D eigenvalue weighted by Gasteiger charge is -2.47. The predicted octanol–water partition coefficient (Wildman–Crippen LogP) is 4.50. The maximum atomic E-state index is 11.8. The van der Waals surface area contributed by atoms with Gasteiger partial charge >= 0.3 is 0 Å². The second-order valence-electron chi connectivity index (χ2n) is 7.25. The van der Waals surface area contributed by atoms with E-state index in [1.807, 2.05) is 18.2 Å². The molecule has 1 aromatic rings. The first kappa shape index (κ1) is 19.3. The molecule has 1 aliphatic heterocycles. The van der Waals surface area contributed by atoms with E-state index in [0.29, 0.717) is 16.5 Å². The van der Waals surface area contributed by atoms with Crippen LogP contribution in [0.25, 0.3) is 6.08 Å². The number of nitrogens with zero attached hydrogens (tertiary/aromatic N) is 2. The lowest BCUT2D eigenvalue weighted by molar-refractivity contribution is -0.116. The summed E-state index contributed by atoms with van der Waals surface area (Å²) in [6.45, 7) is 9.90. The molecule has 0 aliphatic carbocycles. The Balaban J connectivity index is 2.58. The Labute approximate surface area is 155 Å². The van der Waals surface area contributed by atoms with Crippen molar-refractivity contribution >= 4 is 29.3 Å². The van der Waals surface area contributed by atoms with E-state index in [2.05, 4.69) is 37.9 Å². The van der Waals surface area contributed by atoms with Crippen molar-refractivity contribution in [2.24, 2.45) is 0 Å². The molecule has 2 rings (SSSR count). The molecule has 1 aliphatic rings. The first-order chi connectivity index (χ1) is 11.7. The SMILES string of the molecule is CCCN1c2cc(Cl)c(/C=C(\C#N)C(=O)NC)cc2C(C)CC1(C)C. The molecule has 0 saturated carbocycles.